The molecule has 7 rings (SSSR count). The lowest BCUT2D eigenvalue weighted by molar-refractivity contribution is -0.143. The molecule has 0 radical (unpaired) electrons. The molecule has 15 nitrogen and oxygen atoms in total. The maximum absolute atomic E-state index is 14.9. The van der Waals surface area contributed by atoms with Crippen molar-refractivity contribution >= 4 is 56.2 Å². The largest absolute Gasteiger partial charge is 0.459 e. The Kier molecular flexibility index (Phi) is 14.2. The number of nitrogens with zero attached hydrogens (tertiary/aromatic N) is 4. The fraction of sp³-hybridized carbons (Fsp3) is 0.660. The quantitative estimate of drug-likeness (QED) is 0.209. The van der Waals surface area contributed by atoms with Crippen LogP contribution in [0.5, 0.6) is 6.01 Å². The van der Waals surface area contributed by atoms with Crippen LogP contribution in [0.15, 0.2) is 36.1 Å². The topological polar surface area (TPSA) is 191 Å². The van der Waals surface area contributed by atoms with Crippen molar-refractivity contribution in [1.29, 1.82) is 0 Å². The number of ether oxygens (including phenoxy) is 2. The maximum atomic E-state index is 14.9. The summed E-state index contributed by atoms with van der Waals surface area (Å²) in [6.45, 7) is 20.9. The van der Waals surface area contributed by atoms with E-state index >= 15 is 0 Å². The zero-order valence-electron chi connectivity index (χ0n) is 41.2. The first kappa shape index (κ1) is 50.2. The van der Waals surface area contributed by atoms with Crippen LogP contribution < -0.4 is 20.1 Å². The van der Waals surface area contributed by atoms with E-state index in [-0.39, 0.29) is 37.3 Å². The third kappa shape index (κ3) is 10.6. The van der Waals surface area contributed by atoms with Crippen LogP contribution in [0.4, 0.5) is 4.79 Å². The molecule has 2 saturated carbocycles. The van der Waals surface area contributed by atoms with Crippen molar-refractivity contribution in [2.24, 2.45) is 11.3 Å². The minimum atomic E-state index is -4.10. The number of thiazole rings is 1. The molecule has 4 amide bonds. The number of rotatable bonds is 5. The Bertz CT molecular complexity index is 2560. The summed E-state index contributed by atoms with van der Waals surface area (Å²) in [5.74, 6) is -2.03. The second kappa shape index (κ2) is 19.0. The molecule has 6 bridgehead atoms. The van der Waals surface area contributed by atoms with Gasteiger partial charge in [0, 0.05) is 22.9 Å². The Morgan fingerprint density at radius 1 is 1.03 bits per heavy atom. The van der Waals surface area contributed by atoms with Gasteiger partial charge in [-0.15, -0.1) is 17.1 Å². The summed E-state index contributed by atoms with van der Waals surface area (Å²) < 4.78 is 43.7. The molecule has 3 fully saturated rings. The van der Waals surface area contributed by atoms with Crippen molar-refractivity contribution < 1.29 is 37.1 Å². The molecular weight excluding hydrogens is 891 g/mol. The van der Waals surface area contributed by atoms with Gasteiger partial charge in [-0.2, -0.15) is 4.98 Å². The van der Waals surface area contributed by atoms with Gasteiger partial charge in [0.25, 0.3) is 11.9 Å². The molecule has 1 aromatic carbocycles. The highest BCUT2D eigenvalue weighted by molar-refractivity contribution is 7.91. The number of carbonyl (C=O) groups excluding carboxylic acids is 4. The summed E-state index contributed by atoms with van der Waals surface area (Å²) in [7, 11) is -4.10. The van der Waals surface area contributed by atoms with Gasteiger partial charge < -0.3 is 25.0 Å². The number of aryl methyl sites for hydroxylation is 1. The normalized spacial score (nSPS) is 25.0. The number of nitrogens with one attached hydrogen (secondary N) is 3. The summed E-state index contributed by atoms with van der Waals surface area (Å²) in [6, 6.07) is 3.97. The molecule has 1 saturated heterocycles. The van der Waals surface area contributed by atoms with Gasteiger partial charge in [0.05, 0.1) is 22.5 Å². The average molecular weight is 962 g/mol. The molecule has 0 unspecified atom stereocenters. The number of para-hydroxylation sites is 1. The van der Waals surface area contributed by atoms with Crippen LogP contribution >= 0.6 is 11.3 Å². The van der Waals surface area contributed by atoms with Crippen LogP contribution in [0.1, 0.15) is 163 Å². The van der Waals surface area contributed by atoms with Gasteiger partial charge >= 0.3 is 6.09 Å². The van der Waals surface area contributed by atoms with Crippen LogP contribution in [0, 0.1) is 11.3 Å². The number of likely N-dealkylation sites (tertiary alicyclic amines) is 1. The van der Waals surface area contributed by atoms with Gasteiger partial charge in [-0.3, -0.25) is 23.7 Å². The predicted molar refractivity (Wildman–Crippen MR) is 260 cm³/mol. The van der Waals surface area contributed by atoms with Gasteiger partial charge in [0.1, 0.15) is 39.9 Å². The lowest BCUT2D eigenvalue weighted by atomic mass is 9.85. The van der Waals surface area contributed by atoms with Gasteiger partial charge in [0.15, 0.2) is 0 Å². The summed E-state index contributed by atoms with van der Waals surface area (Å²) in [5.41, 5.74) is 3.64. The maximum Gasteiger partial charge on any atom is 0.408 e. The van der Waals surface area contributed by atoms with Gasteiger partial charge in [-0.1, -0.05) is 54.0 Å². The number of imidazole rings is 1. The summed E-state index contributed by atoms with van der Waals surface area (Å²) in [6.07, 6.45) is 8.41. The van der Waals surface area contributed by atoms with Crippen molar-refractivity contribution in [2.75, 3.05) is 6.54 Å². The van der Waals surface area contributed by atoms with E-state index in [9.17, 15) is 27.6 Å². The number of aromatic nitrogens is 3. The fourth-order valence-corrected chi connectivity index (χ4v) is 12.6. The third-order valence-electron chi connectivity index (χ3n) is 13.5. The summed E-state index contributed by atoms with van der Waals surface area (Å²) in [5, 5.41) is 6.62. The highest BCUT2D eigenvalue weighted by atomic mass is 32.2. The van der Waals surface area contributed by atoms with E-state index in [0.29, 0.717) is 44.5 Å². The Morgan fingerprint density at radius 2 is 1.73 bits per heavy atom. The molecule has 4 aliphatic rings. The van der Waals surface area contributed by atoms with Crippen LogP contribution in [0.25, 0.3) is 21.6 Å². The Hall–Kier alpha value is -4.73. The first-order chi connectivity index (χ1) is 31.4. The van der Waals surface area contributed by atoms with Crippen LogP contribution in [0.2, 0.25) is 0 Å². The molecule has 5 atom stereocenters. The van der Waals surface area contributed by atoms with Crippen LogP contribution in [0.3, 0.4) is 0 Å². The number of benzene rings is 1. The van der Waals surface area contributed by atoms with Gasteiger partial charge in [0.2, 0.25) is 21.8 Å². The van der Waals surface area contributed by atoms with Gasteiger partial charge in [-0.25, -0.2) is 18.2 Å². The zero-order valence-corrected chi connectivity index (χ0v) is 42.8. The first-order valence-corrected chi connectivity index (χ1v) is 26.5. The van der Waals surface area contributed by atoms with Crippen molar-refractivity contribution in [3.05, 3.63) is 46.7 Å². The van der Waals surface area contributed by atoms with E-state index in [1.165, 1.54) is 9.78 Å². The predicted octanol–water partition coefficient (Wildman–Crippen LogP) is 8.63. The fourth-order valence-electron chi connectivity index (χ4n) is 9.59. The molecule has 67 heavy (non-hydrogen) atoms. The van der Waals surface area contributed by atoms with E-state index in [2.05, 4.69) is 34.9 Å². The number of hydrogen-bond donors (Lipinski definition) is 3. The highest BCUT2D eigenvalue weighted by Crippen LogP contribution is 2.50. The van der Waals surface area contributed by atoms with Crippen LogP contribution in [-0.2, 0) is 35.6 Å². The number of amides is 4. The molecule has 3 N–H and O–H groups in total. The molecule has 3 aromatic rings. The van der Waals surface area contributed by atoms with E-state index in [4.69, 9.17) is 19.4 Å². The number of sulfonamides is 1. The smallest absolute Gasteiger partial charge is 0.408 e. The molecular formula is C50H71N7O8S2. The minimum absolute atomic E-state index is 0.0296. The van der Waals surface area contributed by atoms with Crippen molar-refractivity contribution in [2.45, 2.75) is 193 Å². The lowest BCUT2D eigenvalue weighted by Crippen LogP contribution is -2.60. The number of carbonyl (C=O) groups is 4. The van der Waals surface area contributed by atoms with E-state index < -0.39 is 73.3 Å². The van der Waals surface area contributed by atoms with E-state index in [0.717, 1.165) is 46.6 Å². The molecule has 4 heterocycles. The number of hydrogen-bond acceptors (Lipinski definition) is 11. The van der Waals surface area contributed by atoms with Gasteiger partial charge in [-0.05, 0) is 134 Å². The van der Waals surface area contributed by atoms with E-state index in [1.54, 1.807) is 32.1 Å². The standard InChI is InChI=1S/C50H71N7O8S2/c1-12-32-28-50(32)44(60)55-67(62,63)49(25-26-49)24-19-17-15-13-14-16-18-23-37-38(30(2)3)51-42(66-37)34-21-20-22-35-39(34)52-45(57(35)31(4)5)64-33-27-36(41(58)54-50)56(29-33)43(59)40(47(6,7)8)53-46(61)65-48(9,10)11/h14-15,20-22,30-33,36,40H,12,16-19,23-29H2,1-11H3,(H,53,61)(H,54,58)(H,55,60)/t13?,32-,33-,36+,40-,50-/m1/s1. The summed E-state index contributed by atoms with van der Waals surface area (Å²) >= 11 is 1.68. The number of alkyl carbamates (subject to hydrolysis) is 1. The van der Waals surface area contributed by atoms with Crippen LogP contribution in [-0.4, -0.2) is 92.3 Å². The number of allylic oxidation sites excluding steroid dienone is 1. The molecule has 366 valence electrons. The van der Waals surface area contributed by atoms with Crippen molar-refractivity contribution in [3.63, 3.8) is 0 Å². The van der Waals surface area contributed by atoms with E-state index in [1.807, 2.05) is 76.5 Å². The first-order valence-electron chi connectivity index (χ1n) is 24.2. The monoisotopic (exact) mass is 961 g/mol. The SMILES string of the molecule is CC[C@@H]1C[C@@]12NC(=O)[C@@H]1C[C@H](CN1C(=O)[C@@H](NC(=O)OC(C)(C)C)C(C)(C)C)Oc1nc3c(cccc3n1C(C)C)-c1nc(C(C)C)c(s1)CCCC=C=CCCCC1(CC1)S(=O)(=O)NC2=O. The highest BCUT2D eigenvalue weighted by Gasteiger charge is 2.64. The minimum Gasteiger partial charge on any atom is -0.459 e. The molecule has 2 aromatic heterocycles. The second-order valence-electron chi connectivity index (χ2n) is 21.7. The Labute approximate surface area is 400 Å². The van der Waals surface area contributed by atoms with Crippen molar-refractivity contribution in [1.82, 2.24) is 34.8 Å². The second-order valence-corrected chi connectivity index (χ2v) is 24.8. The molecule has 2 aliphatic carbocycles. The Balaban J connectivity index is 1.29. The molecule has 2 aliphatic heterocycles. The zero-order chi connectivity index (χ0) is 48.9. The summed E-state index contributed by atoms with van der Waals surface area (Å²) in [4.78, 5) is 70.3. The third-order valence-corrected chi connectivity index (χ3v) is 16.9. The number of fused-ring (bicyclic) bond motifs is 6. The Morgan fingerprint density at radius 3 is 2.34 bits per heavy atom. The van der Waals surface area contributed by atoms with Crippen molar-refractivity contribution in [3.8, 4) is 16.6 Å². The average Bonchev–Trinajstić information content (AvgIpc) is 4.00. The lowest BCUT2D eigenvalue weighted by Gasteiger charge is -2.36. The molecule has 2 spiro atoms. The molecule has 17 heteroatoms.